The maximum absolute atomic E-state index is 12.0. The van der Waals surface area contributed by atoms with Gasteiger partial charge in [-0.25, -0.2) is 0 Å². The van der Waals surface area contributed by atoms with Crippen LogP contribution in [0.3, 0.4) is 0 Å². The molecule has 1 fully saturated rings. The average molecular weight is 231 g/mol. The van der Waals surface area contributed by atoms with E-state index in [0.29, 0.717) is 11.8 Å². The van der Waals surface area contributed by atoms with Gasteiger partial charge in [0, 0.05) is 18.5 Å². The van der Waals surface area contributed by atoms with Gasteiger partial charge >= 0.3 is 0 Å². The van der Waals surface area contributed by atoms with E-state index in [1.165, 1.54) is 5.56 Å². The monoisotopic (exact) mass is 231 g/mol. The van der Waals surface area contributed by atoms with Crippen LogP contribution >= 0.6 is 0 Å². The van der Waals surface area contributed by atoms with Crippen molar-refractivity contribution >= 4 is 5.78 Å². The van der Waals surface area contributed by atoms with Gasteiger partial charge in [-0.2, -0.15) is 0 Å². The van der Waals surface area contributed by atoms with E-state index < -0.39 is 0 Å². The summed E-state index contributed by atoms with van der Waals surface area (Å²) in [6.45, 7) is 7.19. The summed E-state index contributed by atoms with van der Waals surface area (Å²) in [5.41, 5.74) is 1.29. The van der Waals surface area contributed by atoms with E-state index in [1.807, 2.05) is 13.0 Å². The van der Waals surface area contributed by atoms with E-state index in [9.17, 15) is 4.79 Å². The number of benzene rings is 1. The lowest BCUT2D eigenvalue weighted by atomic mass is 9.87. The van der Waals surface area contributed by atoms with E-state index in [-0.39, 0.29) is 12.0 Å². The highest BCUT2D eigenvalue weighted by atomic mass is 16.1. The third-order valence-corrected chi connectivity index (χ3v) is 3.86. The molecular weight excluding hydrogens is 210 g/mol. The summed E-state index contributed by atoms with van der Waals surface area (Å²) in [7, 11) is 0. The molecule has 1 heterocycles. The number of carbonyl (C=O) groups excluding carboxylic acids is 1. The Morgan fingerprint density at radius 1 is 1.18 bits per heavy atom. The Balaban J connectivity index is 2.12. The molecular formula is C15H21NO. The van der Waals surface area contributed by atoms with E-state index in [4.69, 9.17) is 0 Å². The third-order valence-electron chi connectivity index (χ3n) is 3.86. The van der Waals surface area contributed by atoms with Crippen molar-refractivity contribution in [3.8, 4) is 0 Å². The zero-order valence-electron chi connectivity index (χ0n) is 10.9. The van der Waals surface area contributed by atoms with Crippen LogP contribution in [0.5, 0.6) is 0 Å². The van der Waals surface area contributed by atoms with E-state index in [0.717, 1.165) is 13.0 Å². The average Bonchev–Trinajstić information content (AvgIpc) is 2.33. The van der Waals surface area contributed by atoms with Crippen molar-refractivity contribution in [1.82, 2.24) is 4.90 Å². The largest absolute Gasteiger partial charge is 0.298 e. The molecule has 0 radical (unpaired) electrons. The molecule has 1 aliphatic heterocycles. The summed E-state index contributed by atoms with van der Waals surface area (Å²) in [6, 6.07) is 10.9. The first-order valence-electron chi connectivity index (χ1n) is 6.43. The maximum Gasteiger partial charge on any atom is 0.152 e. The van der Waals surface area contributed by atoms with Crippen LogP contribution in [0.25, 0.3) is 0 Å². The zero-order valence-corrected chi connectivity index (χ0v) is 10.9. The lowest BCUT2D eigenvalue weighted by Crippen LogP contribution is -2.51. The van der Waals surface area contributed by atoms with E-state index in [1.54, 1.807) is 0 Å². The molecule has 2 heteroatoms. The van der Waals surface area contributed by atoms with Crippen molar-refractivity contribution in [1.29, 1.82) is 0 Å². The first-order valence-corrected chi connectivity index (χ1v) is 6.43. The van der Waals surface area contributed by atoms with Crippen LogP contribution in [-0.2, 0) is 11.3 Å². The number of nitrogens with zero attached hydrogens (tertiary/aromatic N) is 1. The number of carbonyl (C=O) groups is 1. The topological polar surface area (TPSA) is 20.3 Å². The summed E-state index contributed by atoms with van der Waals surface area (Å²) < 4.78 is 0. The predicted octanol–water partition coefficient (Wildman–Crippen LogP) is 2.87. The molecule has 0 saturated carbocycles. The summed E-state index contributed by atoms with van der Waals surface area (Å²) in [5.74, 6) is 0.603. The predicted molar refractivity (Wildman–Crippen MR) is 69.7 cm³/mol. The minimum atomic E-state index is 0.0500. The first kappa shape index (κ1) is 12.3. The number of rotatable bonds is 2. The molecule has 17 heavy (non-hydrogen) atoms. The summed E-state index contributed by atoms with van der Waals surface area (Å²) in [6.07, 6.45) is 0.982. The summed E-state index contributed by atoms with van der Waals surface area (Å²) >= 11 is 0. The molecule has 92 valence electrons. The Labute approximate surface area is 104 Å². The molecule has 0 N–H and O–H groups in total. The second-order valence-electron chi connectivity index (χ2n) is 5.22. The number of Topliss-reactive ketones (excluding diaryl/α,β-unsaturated/α-hetero) is 1. The minimum Gasteiger partial charge on any atom is -0.298 e. The van der Waals surface area contributed by atoms with Crippen molar-refractivity contribution in [2.45, 2.75) is 45.8 Å². The van der Waals surface area contributed by atoms with Crippen LogP contribution in [0.4, 0.5) is 0 Å². The fraction of sp³-hybridized carbons (Fsp3) is 0.533. The second-order valence-corrected chi connectivity index (χ2v) is 5.22. The highest BCUT2D eigenvalue weighted by Gasteiger charge is 2.35. The van der Waals surface area contributed by atoms with Gasteiger partial charge < -0.3 is 0 Å². The van der Waals surface area contributed by atoms with Crippen LogP contribution in [0.15, 0.2) is 30.3 Å². The lowest BCUT2D eigenvalue weighted by molar-refractivity contribution is -0.133. The number of piperidine rings is 1. The number of likely N-dealkylation sites (tertiary alicyclic amines) is 1. The molecule has 3 atom stereocenters. The number of hydrogen-bond acceptors (Lipinski definition) is 2. The molecule has 0 aromatic heterocycles. The molecule has 1 aromatic rings. The Bertz CT molecular complexity index is 387. The normalized spacial score (nSPS) is 30.5. The first-order chi connectivity index (χ1) is 8.09. The second kappa shape index (κ2) is 5.01. The molecule has 1 aromatic carbocycles. The van der Waals surface area contributed by atoms with Crippen LogP contribution in [0.2, 0.25) is 0 Å². The zero-order chi connectivity index (χ0) is 12.4. The Kier molecular flexibility index (Phi) is 3.63. The van der Waals surface area contributed by atoms with E-state index >= 15 is 0 Å². The van der Waals surface area contributed by atoms with Crippen molar-refractivity contribution in [2.75, 3.05) is 0 Å². The van der Waals surface area contributed by atoms with Crippen molar-refractivity contribution in [3.63, 3.8) is 0 Å². The van der Waals surface area contributed by atoms with Crippen LogP contribution in [-0.4, -0.2) is 22.8 Å². The van der Waals surface area contributed by atoms with Gasteiger partial charge in [-0.3, -0.25) is 9.69 Å². The Morgan fingerprint density at radius 2 is 1.82 bits per heavy atom. The van der Waals surface area contributed by atoms with Crippen LogP contribution < -0.4 is 0 Å². The van der Waals surface area contributed by atoms with Gasteiger partial charge in [-0.1, -0.05) is 37.3 Å². The van der Waals surface area contributed by atoms with Crippen molar-refractivity contribution in [3.05, 3.63) is 35.9 Å². The van der Waals surface area contributed by atoms with Crippen LogP contribution in [0, 0.1) is 5.92 Å². The van der Waals surface area contributed by atoms with E-state index in [2.05, 4.69) is 43.0 Å². The Morgan fingerprint density at radius 3 is 2.47 bits per heavy atom. The molecule has 0 spiro atoms. The van der Waals surface area contributed by atoms with Gasteiger partial charge in [-0.15, -0.1) is 0 Å². The van der Waals surface area contributed by atoms with Crippen molar-refractivity contribution < 1.29 is 4.79 Å². The summed E-state index contributed by atoms with van der Waals surface area (Å²) in [4.78, 5) is 14.3. The fourth-order valence-corrected chi connectivity index (χ4v) is 2.81. The van der Waals surface area contributed by atoms with Gasteiger partial charge in [0.1, 0.15) is 0 Å². The third kappa shape index (κ3) is 2.58. The number of ketones is 1. The highest BCUT2D eigenvalue weighted by molar-refractivity contribution is 5.86. The van der Waals surface area contributed by atoms with Gasteiger partial charge in [0.05, 0.1) is 6.04 Å². The molecule has 2 nitrogen and oxygen atoms in total. The SMILES string of the molecule is C[C@@H]1C[C@H](C)N(Cc2ccccc2)[C@H](C)C1=O. The minimum absolute atomic E-state index is 0.0500. The molecule has 0 bridgehead atoms. The lowest BCUT2D eigenvalue weighted by Gasteiger charge is -2.40. The van der Waals surface area contributed by atoms with Gasteiger partial charge in [0.25, 0.3) is 0 Å². The molecule has 0 amide bonds. The summed E-state index contributed by atoms with van der Waals surface area (Å²) in [5, 5.41) is 0. The maximum atomic E-state index is 12.0. The van der Waals surface area contributed by atoms with Gasteiger partial charge in [-0.05, 0) is 25.8 Å². The fourth-order valence-electron chi connectivity index (χ4n) is 2.81. The molecule has 2 rings (SSSR count). The van der Waals surface area contributed by atoms with Crippen molar-refractivity contribution in [2.24, 2.45) is 5.92 Å². The quantitative estimate of drug-likeness (QED) is 0.780. The number of hydrogen-bond donors (Lipinski definition) is 0. The standard InChI is InChI=1S/C15H21NO/c1-11-9-12(2)16(13(3)15(11)17)10-14-7-5-4-6-8-14/h4-8,11-13H,9-10H2,1-3H3/t11-,12+,13-/m1/s1. The highest BCUT2D eigenvalue weighted by Crippen LogP contribution is 2.26. The Hall–Kier alpha value is -1.15. The van der Waals surface area contributed by atoms with Gasteiger partial charge in [0.15, 0.2) is 5.78 Å². The molecule has 1 aliphatic rings. The van der Waals surface area contributed by atoms with Crippen LogP contribution in [0.1, 0.15) is 32.8 Å². The molecule has 0 unspecified atom stereocenters. The molecule has 0 aliphatic carbocycles. The molecule has 1 saturated heterocycles. The van der Waals surface area contributed by atoms with Gasteiger partial charge in [0.2, 0.25) is 0 Å². The smallest absolute Gasteiger partial charge is 0.152 e.